The SMILES string of the molecule is CCC(=O)NCCc1c(C)n(S(=O)(=O)c2ccc(C)cc2)c2ccc(OCCOc3ccn(C)n3)cc12. The van der Waals surface area contributed by atoms with Gasteiger partial charge in [-0.2, -0.15) is 0 Å². The summed E-state index contributed by atoms with van der Waals surface area (Å²) < 4.78 is 41.9. The molecule has 0 atom stereocenters. The predicted octanol–water partition coefficient (Wildman–Crippen LogP) is 3.76. The Bertz CT molecular complexity index is 1500. The van der Waals surface area contributed by atoms with Gasteiger partial charge in [-0.1, -0.05) is 24.6 Å². The summed E-state index contributed by atoms with van der Waals surface area (Å²) in [5.41, 5.74) is 3.00. The minimum Gasteiger partial charge on any atom is -0.490 e. The maximum atomic E-state index is 13.7. The summed E-state index contributed by atoms with van der Waals surface area (Å²) in [5, 5.41) is 7.81. The van der Waals surface area contributed by atoms with E-state index in [9.17, 15) is 13.2 Å². The standard InChI is InChI=1S/C27H32N4O5S/c1-5-26(32)28-14-12-23-20(3)31(37(33,34)22-9-6-19(2)7-10-22)25-11-8-21(18-24(23)25)35-16-17-36-27-13-15-30(4)29-27/h6-11,13,15,18H,5,12,14,16-17H2,1-4H3,(H,28,32). The number of aromatic nitrogens is 3. The molecule has 37 heavy (non-hydrogen) atoms. The molecule has 1 N–H and O–H groups in total. The number of aryl methyl sites for hydroxylation is 2. The van der Waals surface area contributed by atoms with E-state index in [4.69, 9.17) is 9.47 Å². The van der Waals surface area contributed by atoms with Crippen LogP contribution in [0.15, 0.2) is 59.6 Å². The van der Waals surface area contributed by atoms with E-state index < -0.39 is 10.0 Å². The number of ether oxygens (including phenoxy) is 2. The van der Waals surface area contributed by atoms with Crippen molar-refractivity contribution in [3.8, 4) is 11.6 Å². The van der Waals surface area contributed by atoms with Gasteiger partial charge in [0.2, 0.25) is 11.8 Å². The van der Waals surface area contributed by atoms with Crippen molar-refractivity contribution in [3.05, 3.63) is 71.5 Å². The van der Waals surface area contributed by atoms with Crippen molar-refractivity contribution in [2.75, 3.05) is 19.8 Å². The lowest BCUT2D eigenvalue weighted by molar-refractivity contribution is -0.120. The number of nitrogens with one attached hydrogen (secondary N) is 1. The van der Waals surface area contributed by atoms with E-state index in [1.54, 1.807) is 67.2 Å². The van der Waals surface area contributed by atoms with Crippen LogP contribution in [-0.2, 0) is 28.3 Å². The summed E-state index contributed by atoms with van der Waals surface area (Å²) in [5.74, 6) is 1.07. The van der Waals surface area contributed by atoms with Gasteiger partial charge in [0.05, 0.1) is 10.4 Å². The fourth-order valence-corrected chi connectivity index (χ4v) is 5.77. The highest BCUT2D eigenvalue weighted by Crippen LogP contribution is 2.33. The lowest BCUT2D eigenvalue weighted by Crippen LogP contribution is -2.24. The molecule has 0 unspecified atom stereocenters. The number of fused-ring (bicyclic) bond motifs is 1. The smallest absolute Gasteiger partial charge is 0.268 e. The molecule has 2 aromatic heterocycles. The van der Waals surface area contributed by atoms with Gasteiger partial charge < -0.3 is 14.8 Å². The quantitative estimate of drug-likeness (QED) is 0.300. The molecule has 2 heterocycles. The Morgan fingerprint density at radius 3 is 2.43 bits per heavy atom. The normalized spacial score (nSPS) is 11.6. The summed E-state index contributed by atoms with van der Waals surface area (Å²) in [6.07, 6.45) is 2.67. The van der Waals surface area contributed by atoms with Crippen molar-refractivity contribution in [1.29, 1.82) is 0 Å². The van der Waals surface area contributed by atoms with Crippen molar-refractivity contribution in [3.63, 3.8) is 0 Å². The fraction of sp³-hybridized carbons (Fsp3) is 0.333. The second-order valence-electron chi connectivity index (χ2n) is 8.80. The Morgan fingerprint density at radius 1 is 1.03 bits per heavy atom. The van der Waals surface area contributed by atoms with Crippen molar-refractivity contribution in [2.24, 2.45) is 7.05 Å². The minimum absolute atomic E-state index is 0.0504. The number of rotatable bonds is 11. The third-order valence-corrected chi connectivity index (χ3v) is 7.94. The molecular weight excluding hydrogens is 492 g/mol. The molecule has 9 nitrogen and oxygen atoms in total. The third-order valence-electron chi connectivity index (χ3n) is 6.12. The van der Waals surface area contributed by atoms with Crippen LogP contribution in [0.3, 0.4) is 0 Å². The first kappa shape index (κ1) is 26.3. The van der Waals surface area contributed by atoms with Gasteiger partial charge in [0.1, 0.15) is 19.0 Å². The van der Waals surface area contributed by atoms with E-state index in [1.165, 1.54) is 3.97 Å². The molecule has 0 aliphatic heterocycles. The number of benzene rings is 2. The lowest BCUT2D eigenvalue weighted by Gasteiger charge is -2.11. The summed E-state index contributed by atoms with van der Waals surface area (Å²) in [6.45, 7) is 6.52. The average molecular weight is 525 g/mol. The van der Waals surface area contributed by atoms with Crippen LogP contribution in [-0.4, -0.2) is 47.8 Å². The van der Waals surface area contributed by atoms with Crippen LogP contribution in [0.25, 0.3) is 10.9 Å². The molecule has 0 bridgehead atoms. The van der Waals surface area contributed by atoms with E-state index in [0.717, 1.165) is 16.5 Å². The van der Waals surface area contributed by atoms with E-state index in [2.05, 4.69) is 10.4 Å². The van der Waals surface area contributed by atoms with Crippen LogP contribution in [0.4, 0.5) is 0 Å². The van der Waals surface area contributed by atoms with Crippen LogP contribution in [0.1, 0.15) is 30.2 Å². The molecule has 4 aromatic rings. The molecule has 4 rings (SSSR count). The molecule has 10 heteroatoms. The van der Waals surface area contributed by atoms with E-state index >= 15 is 0 Å². The monoisotopic (exact) mass is 524 g/mol. The summed E-state index contributed by atoms with van der Waals surface area (Å²) in [4.78, 5) is 12.0. The number of amides is 1. The molecule has 0 radical (unpaired) electrons. The van der Waals surface area contributed by atoms with Gasteiger partial charge in [-0.3, -0.25) is 9.48 Å². The molecule has 0 spiro atoms. The number of hydrogen-bond donors (Lipinski definition) is 1. The first-order valence-electron chi connectivity index (χ1n) is 12.2. The highest BCUT2D eigenvalue weighted by atomic mass is 32.2. The van der Waals surface area contributed by atoms with Gasteiger partial charge in [-0.05, 0) is 56.2 Å². The Kier molecular flexibility index (Phi) is 7.87. The predicted molar refractivity (Wildman–Crippen MR) is 142 cm³/mol. The molecule has 0 fully saturated rings. The van der Waals surface area contributed by atoms with E-state index in [1.807, 2.05) is 20.0 Å². The summed E-state index contributed by atoms with van der Waals surface area (Å²) in [6, 6.07) is 14.0. The van der Waals surface area contributed by atoms with Crippen LogP contribution in [0.2, 0.25) is 0 Å². The number of nitrogens with zero attached hydrogens (tertiary/aromatic N) is 3. The van der Waals surface area contributed by atoms with Gasteiger partial charge in [-0.25, -0.2) is 12.4 Å². The number of carbonyl (C=O) groups excluding carboxylic acids is 1. The van der Waals surface area contributed by atoms with E-state index in [0.29, 0.717) is 55.4 Å². The summed E-state index contributed by atoms with van der Waals surface area (Å²) >= 11 is 0. The zero-order valence-corrected chi connectivity index (χ0v) is 22.3. The zero-order chi connectivity index (χ0) is 26.6. The molecule has 196 valence electrons. The fourth-order valence-electron chi connectivity index (χ4n) is 4.19. The highest BCUT2D eigenvalue weighted by molar-refractivity contribution is 7.90. The first-order valence-corrected chi connectivity index (χ1v) is 13.6. The maximum absolute atomic E-state index is 13.7. The average Bonchev–Trinajstić information content (AvgIpc) is 3.42. The van der Waals surface area contributed by atoms with Crippen molar-refractivity contribution >= 4 is 26.8 Å². The number of hydrogen-bond acceptors (Lipinski definition) is 6. The Morgan fingerprint density at radius 2 is 1.76 bits per heavy atom. The topological polar surface area (TPSA) is 104 Å². The molecule has 0 saturated carbocycles. The summed E-state index contributed by atoms with van der Waals surface area (Å²) in [7, 11) is -2.02. The Hall–Kier alpha value is -3.79. The molecule has 2 aromatic carbocycles. The zero-order valence-electron chi connectivity index (χ0n) is 21.5. The lowest BCUT2D eigenvalue weighted by atomic mass is 10.1. The van der Waals surface area contributed by atoms with Crippen molar-refractivity contribution in [1.82, 2.24) is 19.1 Å². The second-order valence-corrected chi connectivity index (χ2v) is 10.6. The van der Waals surface area contributed by atoms with E-state index in [-0.39, 0.29) is 10.8 Å². The van der Waals surface area contributed by atoms with Crippen LogP contribution >= 0.6 is 0 Å². The largest absolute Gasteiger partial charge is 0.490 e. The Balaban J connectivity index is 1.64. The van der Waals surface area contributed by atoms with Crippen LogP contribution < -0.4 is 14.8 Å². The highest BCUT2D eigenvalue weighted by Gasteiger charge is 2.25. The Labute approximate surface area is 217 Å². The van der Waals surface area contributed by atoms with Gasteiger partial charge in [0.15, 0.2) is 0 Å². The molecule has 0 saturated heterocycles. The van der Waals surface area contributed by atoms with Crippen LogP contribution in [0, 0.1) is 13.8 Å². The first-order chi connectivity index (χ1) is 17.7. The number of carbonyl (C=O) groups is 1. The molecule has 0 aliphatic carbocycles. The molecule has 1 amide bonds. The van der Waals surface area contributed by atoms with Crippen LogP contribution in [0.5, 0.6) is 11.6 Å². The third kappa shape index (κ3) is 5.80. The van der Waals surface area contributed by atoms with Gasteiger partial charge in [0, 0.05) is 43.4 Å². The van der Waals surface area contributed by atoms with Gasteiger partial charge in [0.25, 0.3) is 10.0 Å². The maximum Gasteiger partial charge on any atom is 0.268 e. The minimum atomic E-state index is -3.84. The van der Waals surface area contributed by atoms with Crippen molar-refractivity contribution < 1.29 is 22.7 Å². The van der Waals surface area contributed by atoms with Gasteiger partial charge >= 0.3 is 0 Å². The van der Waals surface area contributed by atoms with Crippen molar-refractivity contribution in [2.45, 2.75) is 38.5 Å². The second kappa shape index (κ2) is 11.1. The molecular formula is C27H32N4O5S. The molecule has 0 aliphatic rings. The van der Waals surface area contributed by atoms with Gasteiger partial charge in [-0.15, -0.1) is 5.10 Å².